The number of sulfone groups is 1. The van der Waals surface area contributed by atoms with Crippen LogP contribution in [0.1, 0.15) is 29.4 Å². The van der Waals surface area contributed by atoms with Crippen molar-refractivity contribution in [2.75, 3.05) is 13.1 Å². The van der Waals surface area contributed by atoms with Crippen LogP contribution in [0, 0.1) is 5.82 Å². The first-order valence-corrected chi connectivity index (χ1v) is 10.4. The third kappa shape index (κ3) is 4.19. The topological polar surface area (TPSA) is 89.5 Å². The standard InChI is InChI=1S/C18H18F3N3O4S/c1-2-13-15(19)16(23-10-22-13)28-11-7-8-24(9-11)17(25)12-5-3-4-6-14(12)29(26,27)18(20)21/h3-6,10-11,18H,2,7-9H2,1H3/t11-/m0/s1. The monoisotopic (exact) mass is 429 g/mol. The highest BCUT2D eigenvalue weighted by Gasteiger charge is 2.35. The molecule has 1 aliphatic heterocycles. The fourth-order valence-electron chi connectivity index (χ4n) is 3.04. The minimum absolute atomic E-state index is 0.0345. The van der Waals surface area contributed by atoms with Crippen LogP contribution < -0.4 is 4.74 Å². The summed E-state index contributed by atoms with van der Waals surface area (Å²) in [6.45, 7) is 1.96. The number of amides is 1. The van der Waals surface area contributed by atoms with Crippen LogP contribution in [-0.4, -0.2) is 54.1 Å². The summed E-state index contributed by atoms with van der Waals surface area (Å²) < 4.78 is 69.4. The van der Waals surface area contributed by atoms with Crippen LogP contribution in [0.4, 0.5) is 13.2 Å². The largest absolute Gasteiger partial charge is 0.470 e. The lowest BCUT2D eigenvalue weighted by Gasteiger charge is -2.19. The summed E-state index contributed by atoms with van der Waals surface area (Å²) in [5.41, 5.74) is -0.137. The second-order valence-electron chi connectivity index (χ2n) is 6.37. The van der Waals surface area contributed by atoms with E-state index in [4.69, 9.17) is 4.74 Å². The molecule has 0 bridgehead atoms. The molecule has 0 spiro atoms. The van der Waals surface area contributed by atoms with Crippen LogP contribution >= 0.6 is 0 Å². The molecule has 1 amide bonds. The maximum absolute atomic E-state index is 14.2. The third-order valence-electron chi connectivity index (χ3n) is 4.53. The molecule has 1 aliphatic rings. The number of carbonyl (C=O) groups excluding carboxylic acids is 1. The van der Waals surface area contributed by atoms with Crippen LogP contribution in [0.15, 0.2) is 35.5 Å². The average Bonchev–Trinajstić information content (AvgIpc) is 3.17. The molecular formula is C18H18F3N3O4S. The molecule has 3 rings (SSSR count). The zero-order valence-corrected chi connectivity index (χ0v) is 16.2. The van der Waals surface area contributed by atoms with E-state index in [-0.39, 0.29) is 30.2 Å². The van der Waals surface area contributed by atoms with Crippen molar-refractivity contribution in [2.24, 2.45) is 0 Å². The lowest BCUT2D eigenvalue weighted by Crippen LogP contribution is -2.32. The molecule has 1 atom stereocenters. The van der Waals surface area contributed by atoms with E-state index in [0.717, 1.165) is 6.07 Å². The number of alkyl halides is 2. The first kappa shape index (κ1) is 21.0. The predicted octanol–water partition coefficient (Wildman–Crippen LogP) is 2.47. The van der Waals surface area contributed by atoms with Gasteiger partial charge in [-0.1, -0.05) is 19.1 Å². The second-order valence-corrected chi connectivity index (χ2v) is 8.26. The number of aromatic nitrogens is 2. The molecule has 0 unspecified atom stereocenters. The summed E-state index contributed by atoms with van der Waals surface area (Å²) in [5.74, 6) is -5.25. The second kappa shape index (κ2) is 8.36. The number of benzene rings is 1. The van der Waals surface area contributed by atoms with Crippen molar-refractivity contribution in [1.82, 2.24) is 14.9 Å². The summed E-state index contributed by atoms with van der Waals surface area (Å²) >= 11 is 0. The van der Waals surface area contributed by atoms with Gasteiger partial charge in [-0.2, -0.15) is 18.2 Å². The van der Waals surface area contributed by atoms with Crippen LogP contribution in [0.2, 0.25) is 0 Å². The molecule has 1 aromatic heterocycles. The van der Waals surface area contributed by atoms with Gasteiger partial charge in [0.25, 0.3) is 11.8 Å². The fourth-order valence-corrected chi connectivity index (χ4v) is 3.96. The lowest BCUT2D eigenvalue weighted by molar-refractivity contribution is 0.0766. The smallest absolute Gasteiger partial charge is 0.341 e. The van der Waals surface area contributed by atoms with Gasteiger partial charge in [-0.3, -0.25) is 4.79 Å². The van der Waals surface area contributed by atoms with Gasteiger partial charge in [0.2, 0.25) is 15.7 Å². The molecule has 156 valence electrons. The lowest BCUT2D eigenvalue weighted by atomic mass is 10.2. The molecule has 0 radical (unpaired) electrons. The SMILES string of the molecule is CCc1ncnc(O[C@H]2CCN(C(=O)c3ccccc3S(=O)(=O)C(F)F)C2)c1F. The highest BCUT2D eigenvalue weighted by molar-refractivity contribution is 7.91. The molecule has 1 saturated heterocycles. The number of halogens is 3. The van der Waals surface area contributed by atoms with Gasteiger partial charge in [0.05, 0.1) is 22.7 Å². The fraction of sp³-hybridized carbons (Fsp3) is 0.389. The van der Waals surface area contributed by atoms with E-state index in [0.29, 0.717) is 12.8 Å². The Morgan fingerprint density at radius 3 is 2.72 bits per heavy atom. The number of nitrogens with zero attached hydrogens (tertiary/aromatic N) is 3. The number of hydrogen-bond acceptors (Lipinski definition) is 6. The van der Waals surface area contributed by atoms with E-state index in [1.165, 1.54) is 29.4 Å². The Morgan fingerprint density at radius 2 is 2.03 bits per heavy atom. The number of carbonyl (C=O) groups is 1. The van der Waals surface area contributed by atoms with Crippen LogP contribution in [0.3, 0.4) is 0 Å². The van der Waals surface area contributed by atoms with Crippen molar-refractivity contribution in [1.29, 1.82) is 0 Å². The van der Waals surface area contributed by atoms with Crippen molar-refractivity contribution in [3.8, 4) is 5.88 Å². The van der Waals surface area contributed by atoms with Crippen LogP contribution in [0.25, 0.3) is 0 Å². The van der Waals surface area contributed by atoms with Gasteiger partial charge in [-0.25, -0.2) is 13.4 Å². The van der Waals surface area contributed by atoms with Crippen LogP contribution in [0.5, 0.6) is 5.88 Å². The quantitative estimate of drug-likeness (QED) is 0.701. The first-order chi connectivity index (χ1) is 13.8. The Bertz CT molecular complexity index is 1020. The molecular weight excluding hydrogens is 411 g/mol. The maximum Gasteiger partial charge on any atom is 0.341 e. The summed E-state index contributed by atoms with van der Waals surface area (Å²) in [5, 5.41) is 0. The molecule has 1 fully saturated rings. The van der Waals surface area contributed by atoms with E-state index in [2.05, 4.69) is 9.97 Å². The van der Waals surface area contributed by atoms with Gasteiger partial charge in [0.1, 0.15) is 12.4 Å². The minimum Gasteiger partial charge on any atom is -0.470 e. The molecule has 1 aromatic carbocycles. The van der Waals surface area contributed by atoms with Gasteiger partial charge in [0.15, 0.2) is 0 Å². The van der Waals surface area contributed by atoms with Crippen molar-refractivity contribution >= 4 is 15.7 Å². The van der Waals surface area contributed by atoms with Crippen molar-refractivity contribution < 1.29 is 31.1 Å². The predicted molar refractivity (Wildman–Crippen MR) is 95.9 cm³/mol. The Labute approximate surface area is 165 Å². The molecule has 0 N–H and O–H groups in total. The minimum atomic E-state index is -4.94. The Hall–Kier alpha value is -2.69. The normalized spacial score (nSPS) is 17.0. The van der Waals surface area contributed by atoms with Gasteiger partial charge in [-0.15, -0.1) is 0 Å². The van der Waals surface area contributed by atoms with E-state index < -0.39 is 38.3 Å². The van der Waals surface area contributed by atoms with Gasteiger partial charge < -0.3 is 9.64 Å². The maximum atomic E-state index is 14.2. The number of ether oxygens (including phenoxy) is 1. The Balaban J connectivity index is 1.77. The van der Waals surface area contributed by atoms with Crippen molar-refractivity contribution in [3.05, 3.63) is 47.7 Å². The highest BCUT2D eigenvalue weighted by Crippen LogP contribution is 2.26. The van der Waals surface area contributed by atoms with Crippen molar-refractivity contribution in [3.63, 3.8) is 0 Å². The van der Waals surface area contributed by atoms with Crippen molar-refractivity contribution in [2.45, 2.75) is 36.5 Å². The molecule has 0 saturated carbocycles. The molecule has 0 aliphatic carbocycles. The van der Waals surface area contributed by atoms with E-state index in [1.54, 1.807) is 6.92 Å². The Morgan fingerprint density at radius 1 is 1.31 bits per heavy atom. The summed E-state index contributed by atoms with van der Waals surface area (Å²) in [6.07, 6.45) is 1.31. The number of likely N-dealkylation sites (tertiary alicyclic amines) is 1. The number of hydrogen-bond donors (Lipinski definition) is 0. The molecule has 7 nitrogen and oxygen atoms in total. The van der Waals surface area contributed by atoms with E-state index in [9.17, 15) is 26.4 Å². The molecule has 2 heterocycles. The van der Waals surface area contributed by atoms with Gasteiger partial charge in [-0.05, 0) is 18.6 Å². The summed E-state index contributed by atoms with van der Waals surface area (Å²) in [4.78, 5) is 20.9. The number of rotatable bonds is 6. The van der Waals surface area contributed by atoms with Crippen LogP contribution in [-0.2, 0) is 16.3 Å². The Kier molecular flexibility index (Phi) is 6.06. The molecule has 11 heteroatoms. The van der Waals surface area contributed by atoms with E-state index in [1.807, 2.05) is 0 Å². The summed E-state index contributed by atoms with van der Waals surface area (Å²) in [6, 6.07) is 4.82. The van der Waals surface area contributed by atoms with E-state index >= 15 is 0 Å². The number of aryl methyl sites for hydroxylation is 1. The van der Waals surface area contributed by atoms with Gasteiger partial charge in [0, 0.05) is 13.0 Å². The first-order valence-electron chi connectivity index (χ1n) is 8.82. The third-order valence-corrected chi connectivity index (χ3v) is 5.97. The zero-order chi connectivity index (χ0) is 21.2. The van der Waals surface area contributed by atoms with Gasteiger partial charge >= 0.3 is 5.76 Å². The highest BCUT2D eigenvalue weighted by atomic mass is 32.2. The molecule has 29 heavy (non-hydrogen) atoms. The molecule has 2 aromatic rings. The zero-order valence-electron chi connectivity index (χ0n) is 15.4. The average molecular weight is 429 g/mol. The summed E-state index contributed by atoms with van der Waals surface area (Å²) in [7, 11) is -4.94.